The molecule has 0 aromatic rings. The van der Waals surface area contributed by atoms with Crippen molar-refractivity contribution in [1.29, 1.82) is 0 Å². The van der Waals surface area contributed by atoms with Gasteiger partial charge in [-0.1, -0.05) is 33.1 Å². The highest BCUT2D eigenvalue weighted by Gasteiger charge is 2.14. The van der Waals surface area contributed by atoms with Crippen LogP contribution < -0.4 is 0 Å². The molecule has 74 valence electrons. The first-order valence-corrected chi connectivity index (χ1v) is 5.33. The summed E-state index contributed by atoms with van der Waals surface area (Å²) in [6.07, 6.45) is 5.93. The summed E-state index contributed by atoms with van der Waals surface area (Å²) in [6, 6.07) is 0. The van der Waals surface area contributed by atoms with Gasteiger partial charge in [-0.15, -0.1) is 11.6 Å². The van der Waals surface area contributed by atoms with Crippen LogP contribution in [0.3, 0.4) is 0 Å². The topological polar surface area (TPSA) is 20.2 Å². The smallest absolute Gasteiger partial charge is 0.0482 e. The van der Waals surface area contributed by atoms with Crippen LogP contribution in [0, 0.1) is 5.41 Å². The van der Waals surface area contributed by atoms with Gasteiger partial charge in [0.05, 0.1) is 0 Å². The van der Waals surface area contributed by atoms with Crippen LogP contribution in [0.1, 0.15) is 46.0 Å². The third-order valence-corrected chi connectivity index (χ3v) is 2.43. The summed E-state index contributed by atoms with van der Waals surface area (Å²) in [5.74, 6) is 0.781. The Hall–Kier alpha value is 0.250. The van der Waals surface area contributed by atoms with Crippen LogP contribution in [0.5, 0.6) is 0 Å². The Morgan fingerprint density at radius 1 is 1.08 bits per heavy atom. The highest BCUT2D eigenvalue weighted by Crippen LogP contribution is 2.22. The highest BCUT2D eigenvalue weighted by atomic mass is 35.5. The maximum atomic E-state index is 8.98. The zero-order valence-corrected chi connectivity index (χ0v) is 9.03. The van der Waals surface area contributed by atoms with Crippen molar-refractivity contribution in [3.63, 3.8) is 0 Å². The lowest BCUT2D eigenvalue weighted by Gasteiger charge is -2.20. The summed E-state index contributed by atoms with van der Waals surface area (Å²) in [4.78, 5) is 0. The van der Waals surface area contributed by atoms with Crippen LogP contribution >= 0.6 is 11.6 Å². The van der Waals surface area contributed by atoms with Gasteiger partial charge in [-0.3, -0.25) is 0 Å². The Morgan fingerprint density at radius 3 is 2.17 bits per heavy atom. The minimum atomic E-state index is 0.112. The zero-order valence-electron chi connectivity index (χ0n) is 8.27. The SMILES string of the molecule is CC(C)(CO)CCCCCCCl. The lowest BCUT2D eigenvalue weighted by Crippen LogP contribution is -2.16. The molecule has 0 unspecified atom stereocenters. The van der Waals surface area contributed by atoms with Gasteiger partial charge >= 0.3 is 0 Å². The Morgan fingerprint density at radius 2 is 1.67 bits per heavy atom. The van der Waals surface area contributed by atoms with E-state index in [0.717, 1.165) is 18.7 Å². The number of hydrogen-bond acceptors (Lipinski definition) is 1. The maximum absolute atomic E-state index is 8.98. The van der Waals surface area contributed by atoms with Gasteiger partial charge in [0.1, 0.15) is 0 Å². The molecule has 2 heteroatoms. The molecule has 1 N–H and O–H groups in total. The molecule has 0 aliphatic carbocycles. The summed E-state index contributed by atoms with van der Waals surface area (Å²) in [5.41, 5.74) is 0.112. The molecular weight excluding hydrogens is 172 g/mol. The molecule has 0 aliphatic heterocycles. The predicted octanol–water partition coefficient (Wildman–Crippen LogP) is 3.19. The number of aliphatic hydroxyl groups excluding tert-OH is 1. The van der Waals surface area contributed by atoms with Crippen LogP contribution in [-0.4, -0.2) is 17.6 Å². The molecule has 0 amide bonds. The van der Waals surface area contributed by atoms with Crippen molar-refractivity contribution in [3.8, 4) is 0 Å². The Bertz CT molecular complexity index is 102. The van der Waals surface area contributed by atoms with E-state index in [2.05, 4.69) is 13.8 Å². The fraction of sp³-hybridized carbons (Fsp3) is 1.00. The summed E-state index contributed by atoms with van der Waals surface area (Å²) in [6.45, 7) is 4.51. The maximum Gasteiger partial charge on any atom is 0.0482 e. The van der Waals surface area contributed by atoms with Gasteiger partial charge in [-0.2, -0.15) is 0 Å². The molecule has 0 saturated carbocycles. The quantitative estimate of drug-likeness (QED) is 0.485. The van der Waals surface area contributed by atoms with Crippen molar-refractivity contribution in [1.82, 2.24) is 0 Å². The van der Waals surface area contributed by atoms with Gasteiger partial charge in [0.25, 0.3) is 0 Å². The van der Waals surface area contributed by atoms with Crippen LogP contribution in [0.2, 0.25) is 0 Å². The molecule has 0 radical (unpaired) electrons. The average Bonchev–Trinajstić information content (AvgIpc) is 2.04. The van der Waals surface area contributed by atoms with Gasteiger partial charge < -0.3 is 5.11 Å². The van der Waals surface area contributed by atoms with Crippen molar-refractivity contribution in [2.24, 2.45) is 5.41 Å². The molecular formula is C10H21ClO. The number of halogens is 1. The van der Waals surface area contributed by atoms with E-state index in [-0.39, 0.29) is 5.41 Å². The monoisotopic (exact) mass is 192 g/mol. The number of alkyl halides is 1. The number of aliphatic hydroxyl groups is 1. The highest BCUT2D eigenvalue weighted by molar-refractivity contribution is 6.17. The van der Waals surface area contributed by atoms with E-state index in [1.165, 1.54) is 19.3 Å². The first kappa shape index (κ1) is 12.2. The van der Waals surface area contributed by atoms with E-state index < -0.39 is 0 Å². The molecule has 0 saturated heterocycles. The number of unbranched alkanes of at least 4 members (excludes halogenated alkanes) is 3. The van der Waals surface area contributed by atoms with Crippen molar-refractivity contribution in [2.45, 2.75) is 46.0 Å². The Kier molecular flexibility index (Phi) is 6.87. The molecule has 0 aromatic heterocycles. The third kappa shape index (κ3) is 6.93. The largest absolute Gasteiger partial charge is 0.396 e. The minimum absolute atomic E-state index is 0.112. The summed E-state index contributed by atoms with van der Waals surface area (Å²) < 4.78 is 0. The lowest BCUT2D eigenvalue weighted by atomic mass is 9.88. The second-order valence-corrected chi connectivity index (χ2v) is 4.55. The molecule has 0 aromatic carbocycles. The molecule has 0 rings (SSSR count). The lowest BCUT2D eigenvalue weighted by molar-refractivity contribution is 0.147. The van der Waals surface area contributed by atoms with Crippen molar-refractivity contribution in [3.05, 3.63) is 0 Å². The molecule has 0 bridgehead atoms. The summed E-state index contributed by atoms with van der Waals surface area (Å²) >= 11 is 5.56. The van der Waals surface area contributed by atoms with E-state index >= 15 is 0 Å². The number of hydrogen-bond donors (Lipinski definition) is 1. The van der Waals surface area contributed by atoms with Gasteiger partial charge in [0.15, 0.2) is 0 Å². The molecule has 0 aliphatic rings. The molecule has 0 heterocycles. The van der Waals surface area contributed by atoms with E-state index in [1.807, 2.05) is 0 Å². The van der Waals surface area contributed by atoms with Crippen LogP contribution in [0.15, 0.2) is 0 Å². The van der Waals surface area contributed by atoms with Gasteiger partial charge in [-0.05, 0) is 18.3 Å². The van der Waals surface area contributed by atoms with Gasteiger partial charge in [-0.25, -0.2) is 0 Å². The van der Waals surface area contributed by atoms with Gasteiger partial charge in [0.2, 0.25) is 0 Å². The first-order valence-electron chi connectivity index (χ1n) is 4.79. The van der Waals surface area contributed by atoms with E-state index in [9.17, 15) is 0 Å². The third-order valence-electron chi connectivity index (χ3n) is 2.17. The molecule has 12 heavy (non-hydrogen) atoms. The van der Waals surface area contributed by atoms with E-state index in [0.29, 0.717) is 6.61 Å². The van der Waals surface area contributed by atoms with Crippen LogP contribution in [0.25, 0.3) is 0 Å². The normalized spacial score (nSPS) is 12.0. The molecule has 0 fully saturated rings. The first-order chi connectivity index (χ1) is 5.62. The minimum Gasteiger partial charge on any atom is -0.396 e. The fourth-order valence-corrected chi connectivity index (χ4v) is 1.32. The van der Waals surface area contributed by atoms with Crippen molar-refractivity contribution in [2.75, 3.05) is 12.5 Å². The van der Waals surface area contributed by atoms with Crippen molar-refractivity contribution < 1.29 is 5.11 Å². The van der Waals surface area contributed by atoms with Crippen molar-refractivity contribution >= 4 is 11.6 Å². The standard InChI is InChI=1S/C10H21ClO/c1-10(2,9-12)7-5-3-4-6-8-11/h12H,3-9H2,1-2H3. The average molecular weight is 193 g/mol. The summed E-state index contributed by atoms with van der Waals surface area (Å²) in [7, 11) is 0. The Labute approximate surface area is 81.1 Å². The van der Waals surface area contributed by atoms with Crippen LogP contribution in [0.4, 0.5) is 0 Å². The summed E-state index contributed by atoms with van der Waals surface area (Å²) in [5, 5.41) is 8.98. The second kappa shape index (κ2) is 6.73. The predicted molar refractivity (Wildman–Crippen MR) is 54.7 cm³/mol. The molecule has 1 nitrogen and oxygen atoms in total. The molecule has 0 spiro atoms. The van der Waals surface area contributed by atoms with E-state index in [1.54, 1.807) is 0 Å². The Balaban J connectivity index is 3.19. The number of rotatable bonds is 7. The van der Waals surface area contributed by atoms with Crippen LogP contribution in [-0.2, 0) is 0 Å². The fourth-order valence-electron chi connectivity index (χ4n) is 1.13. The zero-order chi connectivity index (χ0) is 9.45. The molecule has 0 atom stereocenters. The van der Waals surface area contributed by atoms with E-state index in [4.69, 9.17) is 16.7 Å². The van der Waals surface area contributed by atoms with Gasteiger partial charge in [0, 0.05) is 12.5 Å². The second-order valence-electron chi connectivity index (χ2n) is 4.18.